The van der Waals surface area contributed by atoms with Crippen LogP contribution in [0.25, 0.3) is 10.9 Å². The van der Waals surface area contributed by atoms with Gasteiger partial charge in [0.2, 0.25) is 0 Å². The van der Waals surface area contributed by atoms with Gasteiger partial charge in [-0.15, -0.1) is 0 Å². The average molecular weight is 230 g/mol. The number of H-pyrrole nitrogens is 1. The number of aromatic amines is 1. The quantitative estimate of drug-likeness (QED) is 0.755. The Labute approximate surface area is 101 Å². The van der Waals surface area contributed by atoms with Crippen molar-refractivity contribution in [3.63, 3.8) is 0 Å². The van der Waals surface area contributed by atoms with E-state index >= 15 is 0 Å². The maximum atomic E-state index is 4.03. The van der Waals surface area contributed by atoms with Crippen LogP contribution in [0, 0.1) is 5.92 Å². The summed E-state index contributed by atoms with van der Waals surface area (Å²) in [5.41, 5.74) is 2.28. The molecule has 0 spiro atoms. The monoisotopic (exact) mass is 230 g/mol. The summed E-state index contributed by atoms with van der Waals surface area (Å²) in [6, 6.07) is 6.33. The van der Waals surface area contributed by atoms with Crippen LogP contribution >= 0.6 is 0 Å². The molecular weight excluding hydrogens is 212 g/mol. The highest BCUT2D eigenvalue weighted by Gasteiger charge is 2.12. The lowest BCUT2D eigenvalue weighted by atomic mass is 10.00. The highest BCUT2D eigenvalue weighted by atomic mass is 15.1. The predicted molar refractivity (Wildman–Crippen MR) is 70.2 cm³/mol. The van der Waals surface area contributed by atoms with E-state index in [0.717, 1.165) is 29.9 Å². The van der Waals surface area contributed by atoms with Gasteiger partial charge in [-0.3, -0.25) is 5.10 Å². The molecule has 1 unspecified atom stereocenters. The summed E-state index contributed by atoms with van der Waals surface area (Å²) in [6.07, 6.45) is 4.49. The summed E-state index contributed by atoms with van der Waals surface area (Å²) in [5.74, 6) is 0.754. The van der Waals surface area contributed by atoms with E-state index in [1.807, 2.05) is 6.20 Å². The van der Waals surface area contributed by atoms with Crippen molar-refractivity contribution >= 4 is 16.6 Å². The van der Waals surface area contributed by atoms with Gasteiger partial charge in [0.15, 0.2) is 0 Å². The molecule has 17 heavy (non-hydrogen) atoms. The lowest BCUT2D eigenvalue weighted by Crippen LogP contribution is -2.33. The minimum absolute atomic E-state index is 0.754. The molecule has 1 aliphatic heterocycles. The molecular formula is C13H18N4. The molecule has 1 atom stereocenters. The Hall–Kier alpha value is -1.55. The second kappa shape index (κ2) is 4.75. The van der Waals surface area contributed by atoms with E-state index in [4.69, 9.17) is 0 Å². The van der Waals surface area contributed by atoms with Gasteiger partial charge in [0.05, 0.1) is 11.7 Å². The maximum Gasteiger partial charge on any atom is 0.0651 e. The second-order valence-corrected chi connectivity index (χ2v) is 4.77. The summed E-state index contributed by atoms with van der Waals surface area (Å²) < 4.78 is 0. The zero-order valence-electron chi connectivity index (χ0n) is 9.87. The fourth-order valence-electron chi connectivity index (χ4n) is 2.41. The number of benzene rings is 1. The summed E-state index contributed by atoms with van der Waals surface area (Å²) in [5, 5.41) is 15.1. The Kier molecular flexibility index (Phi) is 2.96. The Morgan fingerprint density at radius 1 is 1.41 bits per heavy atom. The van der Waals surface area contributed by atoms with Crippen LogP contribution in [-0.2, 0) is 0 Å². The van der Waals surface area contributed by atoms with Gasteiger partial charge >= 0.3 is 0 Å². The van der Waals surface area contributed by atoms with Gasteiger partial charge in [0.25, 0.3) is 0 Å². The molecule has 3 N–H and O–H groups in total. The van der Waals surface area contributed by atoms with Gasteiger partial charge in [-0.05, 0) is 50.0 Å². The average Bonchev–Trinajstić information content (AvgIpc) is 2.85. The van der Waals surface area contributed by atoms with E-state index in [1.54, 1.807) is 0 Å². The molecule has 0 saturated carbocycles. The van der Waals surface area contributed by atoms with Gasteiger partial charge in [0.1, 0.15) is 0 Å². The lowest BCUT2D eigenvalue weighted by molar-refractivity contribution is 0.393. The zero-order chi connectivity index (χ0) is 11.5. The first-order valence-electron chi connectivity index (χ1n) is 6.29. The molecule has 0 aliphatic carbocycles. The van der Waals surface area contributed by atoms with Crippen LogP contribution in [0.3, 0.4) is 0 Å². The number of fused-ring (bicyclic) bond motifs is 1. The second-order valence-electron chi connectivity index (χ2n) is 4.77. The zero-order valence-corrected chi connectivity index (χ0v) is 9.87. The van der Waals surface area contributed by atoms with E-state index in [-0.39, 0.29) is 0 Å². The van der Waals surface area contributed by atoms with Crippen molar-refractivity contribution in [2.75, 3.05) is 25.0 Å². The number of hydrogen-bond donors (Lipinski definition) is 3. The van der Waals surface area contributed by atoms with Gasteiger partial charge in [-0.2, -0.15) is 5.10 Å². The largest absolute Gasteiger partial charge is 0.385 e. The van der Waals surface area contributed by atoms with Crippen molar-refractivity contribution in [1.29, 1.82) is 0 Å². The Morgan fingerprint density at radius 3 is 3.29 bits per heavy atom. The lowest BCUT2D eigenvalue weighted by Gasteiger charge is -2.23. The molecule has 0 bridgehead atoms. The molecule has 1 aliphatic rings. The molecule has 0 radical (unpaired) electrons. The molecule has 90 valence electrons. The van der Waals surface area contributed by atoms with Crippen molar-refractivity contribution in [3.8, 4) is 0 Å². The number of hydrogen-bond acceptors (Lipinski definition) is 3. The minimum atomic E-state index is 0.754. The normalized spacial score (nSPS) is 20.6. The highest BCUT2D eigenvalue weighted by molar-refractivity contribution is 5.81. The number of aromatic nitrogens is 2. The van der Waals surface area contributed by atoms with Gasteiger partial charge < -0.3 is 10.6 Å². The van der Waals surface area contributed by atoms with Crippen LogP contribution in [0.5, 0.6) is 0 Å². The molecule has 1 fully saturated rings. The first-order chi connectivity index (χ1) is 8.42. The van der Waals surface area contributed by atoms with Crippen LogP contribution in [0.15, 0.2) is 24.4 Å². The van der Waals surface area contributed by atoms with E-state index in [0.29, 0.717) is 0 Å². The third kappa shape index (κ3) is 2.42. The molecule has 2 aromatic rings. The highest BCUT2D eigenvalue weighted by Crippen LogP contribution is 2.18. The first-order valence-corrected chi connectivity index (χ1v) is 6.29. The van der Waals surface area contributed by atoms with Gasteiger partial charge in [-0.1, -0.05) is 0 Å². The van der Waals surface area contributed by atoms with E-state index in [9.17, 15) is 0 Å². The Balaban J connectivity index is 1.63. The van der Waals surface area contributed by atoms with Crippen molar-refractivity contribution in [1.82, 2.24) is 15.5 Å². The molecule has 1 aromatic heterocycles. The molecule has 1 aromatic carbocycles. The van der Waals surface area contributed by atoms with Gasteiger partial charge in [-0.25, -0.2) is 0 Å². The van der Waals surface area contributed by atoms with Gasteiger partial charge in [0, 0.05) is 17.6 Å². The van der Waals surface area contributed by atoms with Crippen LogP contribution in [0.1, 0.15) is 12.8 Å². The minimum Gasteiger partial charge on any atom is -0.385 e. The summed E-state index contributed by atoms with van der Waals surface area (Å²) in [4.78, 5) is 0. The predicted octanol–water partition coefficient (Wildman–Crippen LogP) is 1.97. The number of rotatable bonds is 3. The van der Waals surface area contributed by atoms with Crippen molar-refractivity contribution < 1.29 is 0 Å². The third-order valence-electron chi connectivity index (χ3n) is 3.43. The topological polar surface area (TPSA) is 52.7 Å². The van der Waals surface area contributed by atoms with Crippen LogP contribution in [-0.4, -0.2) is 29.8 Å². The summed E-state index contributed by atoms with van der Waals surface area (Å²) in [6.45, 7) is 3.37. The molecule has 1 saturated heterocycles. The molecule has 0 amide bonds. The molecule has 4 nitrogen and oxygen atoms in total. The van der Waals surface area contributed by atoms with Crippen molar-refractivity contribution in [2.45, 2.75) is 12.8 Å². The number of piperidine rings is 1. The number of nitrogens with zero attached hydrogens (tertiary/aromatic N) is 1. The number of nitrogens with one attached hydrogen (secondary N) is 3. The van der Waals surface area contributed by atoms with E-state index in [2.05, 4.69) is 39.0 Å². The standard InChI is InChI=1S/C13H18N4/c1-2-10(7-14-5-1)8-15-12-3-4-13-11(6-12)9-16-17-13/h3-4,6,9-10,14-15H,1-2,5,7-8H2,(H,16,17). The van der Waals surface area contributed by atoms with Crippen molar-refractivity contribution in [2.24, 2.45) is 5.92 Å². The van der Waals surface area contributed by atoms with Crippen molar-refractivity contribution in [3.05, 3.63) is 24.4 Å². The Morgan fingerprint density at radius 2 is 2.41 bits per heavy atom. The molecule has 3 rings (SSSR count). The van der Waals surface area contributed by atoms with Crippen LogP contribution < -0.4 is 10.6 Å². The maximum absolute atomic E-state index is 4.03. The first kappa shape index (κ1) is 10.6. The third-order valence-corrected chi connectivity index (χ3v) is 3.43. The summed E-state index contributed by atoms with van der Waals surface area (Å²) in [7, 11) is 0. The fourth-order valence-corrected chi connectivity index (χ4v) is 2.41. The number of anilines is 1. The fraction of sp³-hybridized carbons (Fsp3) is 0.462. The van der Waals surface area contributed by atoms with E-state index < -0.39 is 0 Å². The molecule has 4 heteroatoms. The summed E-state index contributed by atoms with van der Waals surface area (Å²) >= 11 is 0. The SMILES string of the molecule is c1cc2[nH]ncc2cc1NCC1CCCNC1. The smallest absolute Gasteiger partial charge is 0.0651 e. The Bertz CT molecular complexity index is 485. The van der Waals surface area contributed by atoms with Crippen LogP contribution in [0.4, 0.5) is 5.69 Å². The molecule has 2 heterocycles. The van der Waals surface area contributed by atoms with E-state index in [1.165, 1.54) is 25.1 Å². The van der Waals surface area contributed by atoms with Crippen LogP contribution in [0.2, 0.25) is 0 Å².